The van der Waals surface area contributed by atoms with Gasteiger partial charge < -0.3 is 19.7 Å². The Morgan fingerprint density at radius 3 is 2.71 bits per heavy atom. The second-order valence-corrected chi connectivity index (χ2v) is 5.88. The summed E-state index contributed by atoms with van der Waals surface area (Å²) in [5.41, 5.74) is 1.11. The van der Waals surface area contributed by atoms with Crippen LogP contribution in [-0.2, 0) is 20.8 Å². The zero-order valence-electron chi connectivity index (χ0n) is 14.0. The number of nitrogens with one attached hydrogen (secondary N) is 1. The van der Waals surface area contributed by atoms with Crippen LogP contribution in [0.3, 0.4) is 0 Å². The highest BCUT2D eigenvalue weighted by Gasteiger charge is 2.27. The molecule has 1 aliphatic rings. The first-order valence-electron chi connectivity index (χ1n) is 8.28. The van der Waals surface area contributed by atoms with Crippen LogP contribution in [0.2, 0.25) is 0 Å². The van der Waals surface area contributed by atoms with Crippen molar-refractivity contribution in [1.29, 1.82) is 0 Å². The molecule has 1 aliphatic heterocycles. The predicted molar refractivity (Wildman–Crippen MR) is 89.7 cm³/mol. The molecule has 1 N–H and O–H groups in total. The molecule has 0 unspecified atom stereocenters. The molecule has 1 aromatic carbocycles. The predicted octanol–water partition coefficient (Wildman–Crippen LogP) is 1.32. The number of likely N-dealkylation sites (tertiary alicyclic amines) is 1. The van der Waals surface area contributed by atoms with Crippen molar-refractivity contribution >= 4 is 18.1 Å². The molecule has 1 aromatic rings. The Kier molecular flexibility index (Phi) is 6.78. The lowest BCUT2D eigenvalue weighted by atomic mass is 10.1. The number of hydrogen-bond acceptors (Lipinski definition) is 4. The maximum absolute atomic E-state index is 12.0. The summed E-state index contributed by atoms with van der Waals surface area (Å²) in [5, 5.41) is 2.82. The highest BCUT2D eigenvalue weighted by molar-refractivity contribution is 5.85. The van der Waals surface area contributed by atoms with Gasteiger partial charge in [-0.1, -0.05) is 12.1 Å². The lowest BCUT2D eigenvalue weighted by molar-refractivity contribution is -0.136. The van der Waals surface area contributed by atoms with E-state index >= 15 is 0 Å². The fraction of sp³-hybridized carbons (Fsp3) is 0.500. The highest BCUT2D eigenvalue weighted by Crippen LogP contribution is 2.17. The average molecular weight is 332 g/mol. The molecule has 1 saturated heterocycles. The van der Waals surface area contributed by atoms with Gasteiger partial charge in [-0.2, -0.15) is 0 Å². The largest absolute Gasteiger partial charge is 0.497 e. The van der Waals surface area contributed by atoms with Crippen LogP contribution >= 0.6 is 0 Å². The van der Waals surface area contributed by atoms with Gasteiger partial charge in [-0.25, -0.2) is 0 Å². The molecule has 6 nitrogen and oxygen atoms in total. The highest BCUT2D eigenvalue weighted by atomic mass is 16.5. The maximum atomic E-state index is 12.0. The van der Waals surface area contributed by atoms with Crippen molar-refractivity contribution in [2.45, 2.75) is 38.1 Å². The quantitative estimate of drug-likeness (QED) is 0.729. The Bertz CT molecular complexity index is 571. The van der Waals surface area contributed by atoms with E-state index in [0.29, 0.717) is 13.1 Å². The van der Waals surface area contributed by atoms with Gasteiger partial charge in [-0.05, 0) is 37.0 Å². The first-order chi connectivity index (χ1) is 11.6. The third kappa shape index (κ3) is 5.08. The van der Waals surface area contributed by atoms with Crippen molar-refractivity contribution in [3.05, 3.63) is 29.8 Å². The first kappa shape index (κ1) is 18.0. The molecule has 1 heterocycles. The van der Waals surface area contributed by atoms with E-state index in [2.05, 4.69) is 5.32 Å². The SMILES string of the molecule is COc1ccc(CCNC(=O)CCC(=O)N2CCC[C@H]2C=O)cc1. The van der Waals surface area contributed by atoms with E-state index in [0.717, 1.165) is 36.9 Å². The van der Waals surface area contributed by atoms with Crippen molar-refractivity contribution in [3.63, 3.8) is 0 Å². The van der Waals surface area contributed by atoms with Gasteiger partial charge in [0.2, 0.25) is 11.8 Å². The number of aldehydes is 1. The summed E-state index contributed by atoms with van der Waals surface area (Å²) in [7, 11) is 1.62. The number of benzene rings is 1. The van der Waals surface area contributed by atoms with E-state index in [1.807, 2.05) is 24.3 Å². The minimum atomic E-state index is -0.310. The minimum Gasteiger partial charge on any atom is -0.497 e. The molecule has 1 atom stereocenters. The molecule has 0 aromatic heterocycles. The van der Waals surface area contributed by atoms with Crippen molar-refractivity contribution in [2.24, 2.45) is 0 Å². The maximum Gasteiger partial charge on any atom is 0.223 e. The van der Waals surface area contributed by atoms with Gasteiger partial charge in [0.15, 0.2) is 0 Å². The van der Waals surface area contributed by atoms with E-state index in [9.17, 15) is 14.4 Å². The topological polar surface area (TPSA) is 75.7 Å². The van der Waals surface area contributed by atoms with Crippen LogP contribution in [0.1, 0.15) is 31.2 Å². The normalized spacial score (nSPS) is 16.7. The van der Waals surface area contributed by atoms with Crippen LogP contribution in [0.15, 0.2) is 24.3 Å². The van der Waals surface area contributed by atoms with Crippen LogP contribution in [0, 0.1) is 0 Å². The second kappa shape index (κ2) is 9.05. The van der Waals surface area contributed by atoms with E-state index in [1.165, 1.54) is 0 Å². The zero-order chi connectivity index (χ0) is 17.4. The van der Waals surface area contributed by atoms with Gasteiger partial charge in [0.25, 0.3) is 0 Å². The zero-order valence-corrected chi connectivity index (χ0v) is 14.0. The number of hydrogen-bond donors (Lipinski definition) is 1. The minimum absolute atomic E-state index is 0.116. The Hall–Kier alpha value is -2.37. The number of rotatable bonds is 8. The number of amides is 2. The Balaban J connectivity index is 1.65. The van der Waals surface area contributed by atoms with E-state index in [-0.39, 0.29) is 30.7 Å². The van der Waals surface area contributed by atoms with Gasteiger partial charge in [0.1, 0.15) is 12.0 Å². The molecule has 0 radical (unpaired) electrons. The van der Waals surface area contributed by atoms with Crippen molar-refractivity contribution in [2.75, 3.05) is 20.2 Å². The van der Waals surface area contributed by atoms with Crippen molar-refractivity contribution in [1.82, 2.24) is 10.2 Å². The molecule has 2 amide bonds. The Morgan fingerprint density at radius 1 is 1.29 bits per heavy atom. The number of carbonyl (C=O) groups excluding carboxylic acids is 3. The molecule has 0 bridgehead atoms. The summed E-state index contributed by atoms with van der Waals surface area (Å²) < 4.78 is 5.10. The molecule has 1 fully saturated rings. The van der Waals surface area contributed by atoms with Gasteiger partial charge in [0, 0.05) is 25.9 Å². The van der Waals surface area contributed by atoms with E-state index in [4.69, 9.17) is 4.74 Å². The molecule has 0 saturated carbocycles. The van der Waals surface area contributed by atoms with Crippen LogP contribution in [0.4, 0.5) is 0 Å². The van der Waals surface area contributed by atoms with E-state index < -0.39 is 0 Å². The third-order valence-corrected chi connectivity index (χ3v) is 4.24. The summed E-state index contributed by atoms with van der Waals surface area (Å²) in [6, 6.07) is 7.38. The fourth-order valence-corrected chi connectivity index (χ4v) is 2.83. The first-order valence-corrected chi connectivity index (χ1v) is 8.28. The average Bonchev–Trinajstić information content (AvgIpc) is 3.09. The monoisotopic (exact) mass is 332 g/mol. The second-order valence-electron chi connectivity index (χ2n) is 5.88. The Labute approximate surface area is 142 Å². The molecular formula is C18H24N2O4. The van der Waals surface area contributed by atoms with Gasteiger partial charge in [-0.15, -0.1) is 0 Å². The van der Waals surface area contributed by atoms with Gasteiger partial charge >= 0.3 is 0 Å². The molecule has 0 aliphatic carbocycles. The van der Waals surface area contributed by atoms with Gasteiger partial charge in [-0.3, -0.25) is 9.59 Å². The number of carbonyl (C=O) groups is 3. The number of methoxy groups -OCH3 is 1. The smallest absolute Gasteiger partial charge is 0.223 e. The van der Waals surface area contributed by atoms with Crippen LogP contribution in [0.25, 0.3) is 0 Å². The van der Waals surface area contributed by atoms with E-state index in [1.54, 1.807) is 12.0 Å². The molecule has 24 heavy (non-hydrogen) atoms. The Morgan fingerprint density at radius 2 is 2.04 bits per heavy atom. The summed E-state index contributed by atoms with van der Waals surface area (Å²) in [4.78, 5) is 36.4. The summed E-state index contributed by atoms with van der Waals surface area (Å²) in [6.45, 7) is 1.14. The molecule has 2 rings (SSSR count). The van der Waals surface area contributed by atoms with Crippen molar-refractivity contribution in [3.8, 4) is 5.75 Å². The van der Waals surface area contributed by atoms with Gasteiger partial charge in [0.05, 0.1) is 13.2 Å². The lowest BCUT2D eigenvalue weighted by Crippen LogP contribution is -2.37. The van der Waals surface area contributed by atoms with Crippen LogP contribution < -0.4 is 10.1 Å². The molecule has 0 spiro atoms. The third-order valence-electron chi connectivity index (χ3n) is 4.24. The van der Waals surface area contributed by atoms with Crippen LogP contribution in [-0.4, -0.2) is 49.2 Å². The molecule has 130 valence electrons. The standard InChI is InChI=1S/C18H24N2O4/c1-24-16-6-4-14(5-7-16)10-11-19-17(22)8-9-18(23)20-12-2-3-15(20)13-21/h4-7,13,15H,2-3,8-12H2,1H3,(H,19,22)/t15-/m0/s1. The fourth-order valence-electron chi connectivity index (χ4n) is 2.83. The van der Waals surface area contributed by atoms with Crippen molar-refractivity contribution < 1.29 is 19.1 Å². The number of ether oxygens (including phenoxy) is 1. The van der Waals surface area contributed by atoms with Crippen LogP contribution in [0.5, 0.6) is 5.75 Å². The number of nitrogens with zero attached hydrogens (tertiary/aromatic N) is 1. The molecular weight excluding hydrogens is 308 g/mol. The summed E-state index contributed by atoms with van der Waals surface area (Å²) in [5.74, 6) is 0.547. The summed E-state index contributed by atoms with van der Waals surface area (Å²) >= 11 is 0. The summed E-state index contributed by atoms with van der Waals surface area (Å²) in [6.07, 6.45) is 3.43. The molecule has 6 heteroatoms. The lowest BCUT2D eigenvalue weighted by Gasteiger charge is -2.20.